The first-order valence-corrected chi connectivity index (χ1v) is 7.28. The van der Waals surface area contributed by atoms with E-state index in [1.54, 1.807) is 18.2 Å². The maximum absolute atomic E-state index is 9.23. The summed E-state index contributed by atoms with van der Waals surface area (Å²) in [4.78, 5) is 0. The molecule has 0 aromatic heterocycles. The van der Waals surface area contributed by atoms with Crippen LogP contribution in [0.25, 0.3) is 0 Å². The molecule has 0 saturated heterocycles. The van der Waals surface area contributed by atoms with Gasteiger partial charge in [0.2, 0.25) is 0 Å². The predicted molar refractivity (Wildman–Crippen MR) is 84.7 cm³/mol. The molecular weight excluding hydrogens is 293 g/mol. The highest BCUT2D eigenvalue weighted by atomic mass is 35.5. The largest absolute Gasteiger partial charge is 0.508 e. The van der Waals surface area contributed by atoms with Crippen molar-refractivity contribution in [2.24, 2.45) is 0 Å². The Bertz CT molecular complexity index is 569. The van der Waals surface area contributed by atoms with Crippen molar-refractivity contribution in [1.82, 2.24) is 5.32 Å². The van der Waals surface area contributed by atoms with Gasteiger partial charge in [-0.25, -0.2) is 0 Å². The molecule has 4 heteroatoms. The van der Waals surface area contributed by atoms with Crippen molar-refractivity contribution in [2.75, 3.05) is 6.54 Å². The fourth-order valence-electron chi connectivity index (χ4n) is 2.06. The first-order valence-electron chi connectivity index (χ1n) is 6.53. The molecule has 0 spiro atoms. The lowest BCUT2D eigenvalue weighted by Gasteiger charge is -2.16. The predicted octanol–water partition coefficient (Wildman–Crippen LogP) is 4.59. The minimum atomic E-state index is 0.137. The van der Waals surface area contributed by atoms with Crippen molar-refractivity contribution in [3.63, 3.8) is 0 Å². The van der Waals surface area contributed by atoms with Gasteiger partial charge in [0.05, 0.1) is 10.0 Å². The Morgan fingerprint density at radius 2 is 1.80 bits per heavy atom. The van der Waals surface area contributed by atoms with Crippen LogP contribution >= 0.6 is 23.2 Å². The Morgan fingerprint density at radius 3 is 2.50 bits per heavy atom. The summed E-state index contributed by atoms with van der Waals surface area (Å²) in [5, 5.41) is 13.8. The Kier molecular flexibility index (Phi) is 5.30. The molecule has 1 atom stereocenters. The number of rotatable bonds is 5. The Labute approximate surface area is 129 Å². The van der Waals surface area contributed by atoms with Gasteiger partial charge in [0.1, 0.15) is 5.75 Å². The second-order valence-electron chi connectivity index (χ2n) is 4.74. The van der Waals surface area contributed by atoms with Gasteiger partial charge in [-0.15, -0.1) is 0 Å². The molecule has 2 aromatic rings. The molecule has 2 nitrogen and oxygen atoms in total. The third-order valence-electron chi connectivity index (χ3n) is 3.25. The molecule has 106 valence electrons. The summed E-state index contributed by atoms with van der Waals surface area (Å²) in [5.74, 6) is 0.292. The summed E-state index contributed by atoms with van der Waals surface area (Å²) >= 11 is 12.2. The van der Waals surface area contributed by atoms with E-state index in [0.29, 0.717) is 15.8 Å². The van der Waals surface area contributed by atoms with Gasteiger partial charge in [-0.1, -0.05) is 47.5 Å². The summed E-state index contributed by atoms with van der Waals surface area (Å²) in [6, 6.07) is 13.1. The maximum atomic E-state index is 9.23. The monoisotopic (exact) mass is 309 g/mol. The number of benzene rings is 2. The molecule has 0 aliphatic carbocycles. The molecule has 0 heterocycles. The number of hydrogen-bond acceptors (Lipinski definition) is 2. The van der Waals surface area contributed by atoms with Crippen LogP contribution in [0.3, 0.4) is 0 Å². The van der Waals surface area contributed by atoms with E-state index in [1.807, 2.05) is 24.3 Å². The summed E-state index contributed by atoms with van der Waals surface area (Å²) < 4.78 is 0. The molecule has 2 rings (SSSR count). The van der Waals surface area contributed by atoms with E-state index in [-0.39, 0.29) is 6.04 Å². The highest BCUT2D eigenvalue weighted by Gasteiger charge is 2.10. The molecule has 0 aliphatic heterocycles. The fraction of sp³-hybridized carbons (Fsp3) is 0.250. The standard InChI is InChI=1S/C16H17Cl2NO/c1-11(14-3-2-4-15(17)16(14)18)19-10-9-12-5-7-13(20)8-6-12/h2-8,11,19-20H,9-10H2,1H3. The summed E-state index contributed by atoms with van der Waals surface area (Å²) in [6.07, 6.45) is 0.892. The number of halogens is 2. The third-order valence-corrected chi connectivity index (χ3v) is 4.08. The van der Waals surface area contributed by atoms with Crippen molar-refractivity contribution in [1.29, 1.82) is 0 Å². The van der Waals surface area contributed by atoms with Gasteiger partial charge in [0, 0.05) is 6.04 Å². The van der Waals surface area contributed by atoms with Crippen molar-refractivity contribution < 1.29 is 5.11 Å². The molecule has 0 bridgehead atoms. The molecule has 20 heavy (non-hydrogen) atoms. The van der Waals surface area contributed by atoms with E-state index in [0.717, 1.165) is 18.5 Å². The number of phenols is 1. The Morgan fingerprint density at radius 1 is 1.10 bits per heavy atom. The molecule has 0 fully saturated rings. The highest BCUT2D eigenvalue weighted by molar-refractivity contribution is 6.42. The second kappa shape index (κ2) is 6.98. The number of hydrogen-bond donors (Lipinski definition) is 2. The third kappa shape index (κ3) is 3.89. The first kappa shape index (κ1) is 15.2. The van der Waals surface area contributed by atoms with E-state index >= 15 is 0 Å². The van der Waals surface area contributed by atoms with Gasteiger partial charge in [0.15, 0.2) is 0 Å². The lowest BCUT2D eigenvalue weighted by Crippen LogP contribution is -2.21. The quantitative estimate of drug-likeness (QED) is 0.846. The van der Waals surface area contributed by atoms with Gasteiger partial charge >= 0.3 is 0 Å². The summed E-state index contributed by atoms with van der Waals surface area (Å²) in [6.45, 7) is 2.89. The molecule has 0 radical (unpaired) electrons. The van der Waals surface area contributed by atoms with E-state index in [2.05, 4.69) is 12.2 Å². The van der Waals surface area contributed by atoms with Crippen molar-refractivity contribution >= 4 is 23.2 Å². The van der Waals surface area contributed by atoms with E-state index in [9.17, 15) is 5.11 Å². The van der Waals surface area contributed by atoms with Crippen LogP contribution < -0.4 is 5.32 Å². The van der Waals surface area contributed by atoms with Crippen LogP contribution in [0.15, 0.2) is 42.5 Å². The second-order valence-corrected chi connectivity index (χ2v) is 5.52. The molecule has 1 unspecified atom stereocenters. The number of aromatic hydroxyl groups is 1. The molecule has 0 aliphatic rings. The highest BCUT2D eigenvalue weighted by Crippen LogP contribution is 2.29. The maximum Gasteiger partial charge on any atom is 0.115 e. The van der Waals surface area contributed by atoms with E-state index in [1.165, 1.54) is 5.56 Å². The summed E-state index contributed by atoms with van der Waals surface area (Å²) in [5.41, 5.74) is 2.18. The molecular formula is C16H17Cl2NO. The van der Waals surface area contributed by atoms with Gasteiger partial charge in [-0.05, 0) is 49.2 Å². The van der Waals surface area contributed by atoms with Crippen LogP contribution in [0, 0.1) is 0 Å². The normalized spacial score (nSPS) is 12.3. The van der Waals surface area contributed by atoms with Crippen LogP contribution in [0.4, 0.5) is 0 Å². The molecule has 2 N–H and O–H groups in total. The average molecular weight is 310 g/mol. The molecule has 0 saturated carbocycles. The lowest BCUT2D eigenvalue weighted by molar-refractivity contribution is 0.475. The van der Waals surface area contributed by atoms with E-state index in [4.69, 9.17) is 23.2 Å². The van der Waals surface area contributed by atoms with Crippen LogP contribution in [-0.2, 0) is 6.42 Å². The van der Waals surface area contributed by atoms with Gasteiger partial charge in [0.25, 0.3) is 0 Å². The smallest absolute Gasteiger partial charge is 0.115 e. The number of phenolic OH excluding ortho intramolecular Hbond substituents is 1. The van der Waals surface area contributed by atoms with Crippen molar-refractivity contribution in [2.45, 2.75) is 19.4 Å². The zero-order chi connectivity index (χ0) is 14.5. The Balaban J connectivity index is 1.90. The Hall–Kier alpha value is -1.22. The minimum absolute atomic E-state index is 0.137. The van der Waals surface area contributed by atoms with Crippen molar-refractivity contribution in [3.8, 4) is 5.75 Å². The zero-order valence-electron chi connectivity index (χ0n) is 11.2. The SMILES string of the molecule is CC(NCCc1ccc(O)cc1)c1cccc(Cl)c1Cl. The molecule has 0 amide bonds. The van der Waals surface area contributed by atoms with Gasteiger partial charge in [-0.2, -0.15) is 0 Å². The van der Waals surface area contributed by atoms with Crippen LogP contribution in [0.1, 0.15) is 24.1 Å². The van der Waals surface area contributed by atoms with Crippen LogP contribution in [-0.4, -0.2) is 11.7 Å². The van der Waals surface area contributed by atoms with Gasteiger partial charge < -0.3 is 10.4 Å². The number of nitrogens with one attached hydrogen (secondary N) is 1. The van der Waals surface area contributed by atoms with Crippen molar-refractivity contribution in [3.05, 3.63) is 63.6 Å². The zero-order valence-corrected chi connectivity index (χ0v) is 12.7. The summed E-state index contributed by atoms with van der Waals surface area (Å²) in [7, 11) is 0. The van der Waals surface area contributed by atoms with Crippen LogP contribution in [0.2, 0.25) is 10.0 Å². The fourth-order valence-corrected chi connectivity index (χ4v) is 2.53. The average Bonchev–Trinajstić information content (AvgIpc) is 2.44. The van der Waals surface area contributed by atoms with Gasteiger partial charge in [-0.3, -0.25) is 0 Å². The minimum Gasteiger partial charge on any atom is -0.508 e. The van der Waals surface area contributed by atoms with E-state index < -0.39 is 0 Å². The van der Waals surface area contributed by atoms with Crippen LogP contribution in [0.5, 0.6) is 5.75 Å². The lowest BCUT2D eigenvalue weighted by atomic mass is 10.1. The topological polar surface area (TPSA) is 32.3 Å². The first-order chi connectivity index (χ1) is 9.58. The molecule has 2 aromatic carbocycles.